The number of nitrogens with zero attached hydrogens (tertiary/aromatic N) is 3. The van der Waals surface area contributed by atoms with Crippen molar-refractivity contribution >= 4 is 34.5 Å². The number of H-pyrrole nitrogens is 1. The van der Waals surface area contributed by atoms with Crippen molar-refractivity contribution in [1.29, 1.82) is 0 Å². The molecule has 1 aromatic heterocycles. The first-order valence-electron chi connectivity index (χ1n) is 9.66. The Balaban J connectivity index is 1.81. The number of hydrogen-bond donors (Lipinski definition) is 2. The quantitative estimate of drug-likeness (QED) is 0.602. The largest absolute Gasteiger partial charge is 0.465 e. The zero-order valence-corrected chi connectivity index (χ0v) is 17.3. The van der Waals surface area contributed by atoms with Gasteiger partial charge in [0.05, 0.1) is 16.7 Å². The molecule has 0 saturated carbocycles. The summed E-state index contributed by atoms with van der Waals surface area (Å²) in [5, 5.41) is 17.3. The van der Waals surface area contributed by atoms with Gasteiger partial charge < -0.3 is 10.0 Å². The van der Waals surface area contributed by atoms with E-state index in [4.69, 9.17) is 11.6 Å². The summed E-state index contributed by atoms with van der Waals surface area (Å²) in [6, 6.07) is 8.75. The van der Waals surface area contributed by atoms with Crippen molar-refractivity contribution in [1.82, 2.24) is 20.0 Å². The van der Waals surface area contributed by atoms with Gasteiger partial charge in [-0.2, -0.15) is 18.3 Å². The number of carbonyl (C=O) groups excluding carboxylic acids is 1. The monoisotopic (exact) mass is 466 g/mol. The van der Waals surface area contributed by atoms with Crippen molar-refractivity contribution in [3.63, 3.8) is 0 Å². The minimum atomic E-state index is -4.65. The van der Waals surface area contributed by atoms with Gasteiger partial charge in [-0.05, 0) is 22.8 Å². The Hall–Kier alpha value is -3.27. The molecule has 2 heterocycles. The molecule has 0 unspecified atom stereocenters. The molecule has 4 rings (SSSR count). The van der Waals surface area contributed by atoms with Gasteiger partial charge >= 0.3 is 12.3 Å². The van der Waals surface area contributed by atoms with Crippen LogP contribution >= 0.6 is 11.6 Å². The van der Waals surface area contributed by atoms with Gasteiger partial charge in [0.2, 0.25) is 5.91 Å². The molecule has 0 aliphatic carbocycles. The average Bonchev–Trinajstić information content (AvgIpc) is 3.18. The number of nitrogens with one attached hydrogen (secondary N) is 1. The molecule has 11 heteroatoms. The van der Waals surface area contributed by atoms with E-state index in [1.165, 1.54) is 6.20 Å². The van der Waals surface area contributed by atoms with Gasteiger partial charge in [-0.1, -0.05) is 41.9 Å². The Kier molecular flexibility index (Phi) is 5.72. The molecule has 0 bridgehead atoms. The maximum absolute atomic E-state index is 13.3. The summed E-state index contributed by atoms with van der Waals surface area (Å²) in [6.07, 6.45) is -4.73. The van der Waals surface area contributed by atoms with Gasteiger partial charge in [0.1, 0.15) is 12.6 Å². The number of aromatic nitrogens is 2. The second-order valence-corrected chi connectivity index (χ2v) is 7.99. The molecule has 1 aliphatic heterocycles. The Bertz CT molecular complexity index is 1170. The van der Waals surface area contributed by atoms with E-state index in [1.54, 1.807) is 36.4 Å². The number of alkyl halides is 3. The summed E-state index contributed by atoms with van der Waals surface area (Å²) >= 11 is 6.31. The second kappa shape index (κ2) is 8.34. The third-order valence-corrected chi connectivity index (χ3v) is 5.74. The molecule has 168 valence electrons. The lowest BCUT2D eigenvalue weighted by molar-refractivity contribution is -0.165. The summed E-state index contributed by atoms with van der Waals surface area (Å²) in [5.41, 5.74) is 2.02. The van der Waals surface area contributed by atoms with Crippen LogP contribution in [0.5, 0.6) is 0 Å². The van der Waals surface area contributed by atoms with Crippen LogP contribution in [0.15, 0.2) is 42.6 Å². The Morgan fingerprint density at radius 2 is 2.03 bits per heavy atom. The van der Waals surface area contributed by atoms with E-state index in [1.807, 2.05) is 0 Å². The van der Waals surface area contributed by atoms with Crippen LogP contribution in [-0.4, -0.2) is 55.9 Å². The molecule has 3 aromatic rings. The van der Waals surface area contributed by atoms with E-state index in [2.05, 4.69) is 10.2 Å². The fourth-order valence-corrected chi connectivity index (χ4v) is 4.29. The number of carboxylic acid groups (broad SMARTS) is 1. The summed E-state index contributed by atoms with van der Waals surface area (Å²) in [7, 11) is 0. The molecule has 2 aromatic carbocycles. The number of amides is 2. The lowest BCUT2D eigenvalue weighted by Gasteiger charge is -2.31. The molecular formula is C21H18ClF3N4O3. The van der Waals surface area contributed by atoms with Gasteiger partial charge in [0, 0.05) is 24.9 Å². The number of rotatable bonds is 4. The molecule has 0 spiro atoms. The summed E-state index contributed by atoms with van der Waals surface area (Å²) < 4.78 is 39.9. The molecule has 1 atom stereocenters. The SMILES string of the molecule is O=C1[C@H](N(Cc2ccccc2)C(=O)O)Cc2cc(Cl)c3[nH]ncc3c2CN1CC(F)(F)F. The highest BCUT2D eigenvalue weighted by Gasteiger charge is 2.41. The standard InChI is InChI=1S/C21H18ClF3N4O3/c22-16-6-13-7-17(29(20(31)32)9-12-4-2-1-3-5-12)19(30)28(11-21(23,24)25)10-15(13)14-8-26-27-18(14)16/h1-6,8,17H,7,9-11H2,(H,26,27)(H,31,32)/t17-/m1/s1. The van der Waals surface area contributed by atoms with E-state index in [0.717, 1.165) is 4.90 Å². The maximum atomic E-state index is 13.3. The summed E-state index contributed by atoms with van der Waals surface area (Å²) in [5.74, 6) is -0.912. The van der Waals surface area contributed by atoms with Gasteiger partial charge in [0.15, 0.2) is 0 Å². The first-order valence-corrected chi connectivity index (χ1v) is 10.0. The highest BCUT2D eigenvalue weighted by Crippen LogP contribution is 2.34. The van der Waals surface area contributed by atoms with E-state index < -0.39 is 30.8 Å². The summed E-state index contributed by atoms with van der Waals surface area (Å²) in [6.45, 7) is -1.98. The zero-order valence-electron chi connectivity index (χ0n) is 16.6. The van der Waals surface area contributed by atoms with Crippen molar-refractivity contribution in [3.8, 4) is 0 Å². The van der Waals surface area contributed by atoms with Gasteiger partial charge in [0.25, 0.3) is 0 Å². The Morgan fingerprint density at radius 3 is 2.69 bits per heavy atom. The van der Waals surface area contributed by atoms with E-state index in [-0.39, 0.29) is 24.5 Å². The Morgan fingerprint density at radius 1 is 1.31 bits per heavy atom. The summed E-state index contributed by atoms with van der Waals surface area (Å²) in [4.78, 5) is 26.9. The van der Waals surface area contributed by atoms with Crippen molar-refractivity contribution in [2.24, 2.45) is 0 Å². The number of carbonyl (C=O) groups is 2. The minimum Gasteiger partial charge on any atom is -0.465 e. The first-order chi connectivity index (χ1) is 15.1. The third kappa shape index (κ3) is 4.36. The fraction of sp³-hybridized carbons (Fsp3) is 0.286. The van der Waals surface area contributed by atoms with Crippen LogP contribution in [0.3, 0.4) is 0 Å². The van der Waals surface area contributed by atoms with E-state index in [9.17, 15) is 27.9 Å². The topological polar surface area (TPSA) is 89.5 Å². The molecule has 1 aliphatic rings. The predicted molar refractivity (Wildman–Crippen MR) is 110 cm³/mol. The lowest BCUT2D eigenvalue weighted by atomic mass is 9.98. The van der Waals surface area contributed by atoms with Crippen LogP contribution in [0.1, 0.15) is 16.7 Å². The molecule has 0 radical (unpaired) electrons. The van der Waals surface area contributed by atoms with Crippen LogP contribution in [0.4, 0.5) is 18.0 Å². The molecule has 2 amide bonds. The van der Waals surface area contributed by atoms with Crippen molar-refractivity contribution in [2.75, 3.05) is 6.54 Å². The van der Waals surface area contributed by atoms with Gasteiger partial charge in [-0.25, -0.2) is 4.79 Å². The van der Waals surface area contributed by atoms with Crippen LogP contribution < -0.4 is 0 Å². The zero-order chi connectivity index (χ0) is 23.0. The molecular weight excluding hydrogens is 449 g/mol. The van der Waals surface area contributed by atoms with Crippen LogP contribution in [0, 0.1) is 0 Å². The maximum Gasteiger partial charge on any atom is 0.408 e. The number of benzene rings is 2. The number of hydrogen-bond acceptors (Lipinski definition) is 3. The van der Waals surface area contributed by atoms with Gasteiger partial charge in [-0.15, -0.1) is 0 Å². The van der Waals surface area contributed by atoms with Gasteiger partial charge in [-0.3, -0.25) is 14.8 Å². The predicted octanol–water partition coefficient (Wildman–Crippen LogP) is 4.21. The lowest BCUT2D eigenvalue weighted by Crippen LogP contribution is -2.51. The number of fused-ring (bicyclic) bond motifs is 3. The highest BCUT2D eigenvalue weighted by molar-refractivity contribution is 6.35. The molecule has 0 saturated heterocycles. The second-order valence-electron chi connectivity index (χ2n) is 7.58. The molecule has 0 fully saturated rings. The highest BCUT2D eigenvalue weighted by atomic mass is 35.5. The van der Waals surface area contributed by atoms with Crippen molar-refractivity contribution < 1.29 is 27.9 Å². The normalized spacial score (nSPS) is 16.7. The molecule has 7 nitrogen and oxygen atoms in total. The number of aromatic amines is 1. The third-order valence-electron chi connectivity index (χ3n) is 5.44. The Labute approximate surface area is 185 Å². The van der Waals surface area contributed by atoms with Crippen LogP contribution in [0.2, 0.25) is 5.02 Å². The fourth-order valence-electron chi connectivity index (χ4n) is 4.01. The van der Waals surface area contributed by atoms with E-state index in [0.29, 0.717) is 32.5 Å². The van der Waals surface area contributed by atoms with E-state index >= 15 is 0 Å². The van der Waals surface area contributed by atoms with Crippen LogP contribution in [0.25, 0.3) is 10.9 Å². The molecule has 2 N–H and O–H groups in total. The molecule has 32 heavy (non-hydrogen) atoms. The smallest absolute Gasteiger partial charge is 0.408 e. The minimum absolute atomic E-state index is 0.109. The van der Waals surface area contributed by atoms with Crippen molar-refractivity contribution in [2.45, 2.75) is 31.7 Å². The van der Waals surface area contributed by atoms with Crippen molar-refractivity contribution in [3.05, 3.63) is 64.3 Å². The van der Waals surface area contributed by atoms with Crippen LogP contribution in [-0.2, 0) is 24.3 Å². The number of halogens is 4. The average molecular weight is 467 g/mol. The first kappa shape index (κ1) is 21.9.